The molecule has 0 fully saturated rings. The Morgan fingerprint density at radius 2 is 1.74 bits per heavy atom. The number of hydrogen-bond acceptors (Lipinski definition) is 7. The van der Waals surface area contributed by atoms with Crippen LogP contribution in [0, 0.1) is 0 Å². The van der Waals surface area contributed by atoms with Crippen molar-refractivity contribution in [1.29, 1.82) is 0 Å². The van der Waals surface area contributed by atoms with Crippen molar-refractivity contribution < 1.29 is 9.21 Å². The number of aromatic nitrogens is 3. The van der Waals surface area contributed by atoms with Gasteiger partial charge < -0.3 is 4.42 Å². The number of nitrogens with zero attached hydrogens (tertiary/aromatic N) is 4. The first-order valence-electron chi connectivity index (χ1n) is 10.3. The smallest absolute Gasteiger partial charge is 0.271 e. The van der Waals surface area contributed by atoms with E-state index in [0.717, 1.165) is 0 Å². The minimum Gasteiger partial charge on any atom is -0.448 e. The molecule has 3 aromatic heterocycles. The van der Waals surface area contributed by atoms with Crippen LogP contribution in [-0.2, 0) is 0 Å². The summed E-state index contributed by atoms with van der Waals surface area (Å²) in [7, 11) is 0. The van der Waals surface area contributed by atoms with Crippen LogP contribution < -0.4 is 11.0 Å². The molecule has 0 spiro atoms. The minimum absolute atomic E-state index is 0.161. The normalized spacial score (nSPS) is 11.2. The summed E-state index contributed by atoms with van der Waals surface area (Å²) in [6, 6.07) is 23.2. The van der Waals surface area contributed by atoms with Gasteiger partial charge in [-0.2, -0.15) is 5.10 Å². The third-order valence-corrected chi connectivity index (χ3v) is 5.73. The van der Waals surface area contributed by atoms with E-state index in [-0.39, 0.29) is 11.5 Å². The first-order valence-corrected chi connectivity index (χ1v) is 11.1. The van der Waals surface area contributed by atoms with Gasteiger partial charge in [0.05, 0.1) is 22.8 Å². The topological polar surface area (TPSA) is 102 Å². The van der Waals surface area contributed by atoms with Crippen LogP contribution >= 0.6 is 11.8 Å². The van der Waals surface area contributed by atoms with Crippen LogP contribution in [0.2, 0.25) is 0 Å². The molecule has 9 heteroatoms. The van der Waals surface area contributed by atoms with Gasteiger partial charge in [-0.25, -0.2) is 10.4 Å². The van der Waals surface area contributed by atoms with E-state index in [9.17, 15) is 9.59 Å². The molecule has 0 aliphatic carbocycles. The highest BCUT2D eigenvalue weighted by Gasteiger charge is 2.15. The summed E-state index contributed by atoms with van der Waals surface area (Å²) in [5.41, 5.74) is 4.04. The molecular weight excluding hydrogens is 450 g/mol. The first-order chi connectivity index (χ1) is 16.7. The summed E-state index contributed by atoms with van der Waals surface area (Å²) in [5.74, 6) is 0.0824. The van der Waals surface area contributed by atoms with Crippen molar-refractivity contribution >= 4 is 34.8 Å². The molecule has 1 amide bonds. The van der Waals surface area contributed by atoms with E-state index in [1.807, 2.05) is 48.5 Å². The van der Waals surface area contributed by atoms with E-state index < -0.39 is 0 Å². The number of rotatable bonds is 6. The summed E-state index contributed by atoms with van der Waals surface area (Å²) < 4.78 is 7.38. The summed E-state index contributed by atoms with van der Waals surface area (Å²) in [6.45, 7) is 0. The Balaban J connectivity index is 1.41. The van der Waals surface area contributed by atoms with Gasteiger partial charge in [-0.05, 0) is 60.3 Å². The van der Waals surface area contributed by atoms with Gasteiger partial charge >= 0.3 is 0 Å². The van der Waals surface area contributed by atoms with Crippen LogP contribution in [-0.4, -0.2) is 26.7 Å². The zero-order valence-corrected chi connectivity index (χ0v) is 18.5. The van der Waals surface area contributed by atoms with Crippen molar-refractivity contribution in [2.45, 2.75) is 10.2 Å². The SMILES string of the molecule is O=C(NN=Cc1ccc(Sc2nc3ccccc3c(=O)n2-c2ccccc2)o1)c1ccncc1. The van der Waals surface area contributed by atoms with E-state index in [4.69, 9.17) is 9.40 Å². The molecule has 0 saturated carbocycles. The number of para-hydroxylation sites is 2. The maximum absolute atomic E-state index is 13.3. The second kappa shape index (κ2) is 9.55. The minimum atomic E-state index is -0.355. The molecule has 0 radical (unpaired) electrons. The first kappa shape index (κ1) is 21.4. The summed E-state index contributed by atoms with van der Waals surface area (Å²) >= 11 is 1.22. The highest BCUT2D eigenvalue weighted by molar-refractivity contribution is 7.99. The van der Waals surface area contributed by atoms with Crippen LogP contribution in [0.25, 0.3) is 16.6 Å². The van der Waals surface area contributed by atoms with Crippen molar-refractivity contribution in [2.24, 2.45) is 5.10 Å². The van der Waals surface area contributed by atoms with Crippen LogP contribution in [0.5, 0.6) is 0 Å². The van der Waals surface area contributed by atoms with Gasteiger partial charge in [0.25, 0.3) is 11.5 Å². The quantitative estimate of drug-likeness (QED) is 0.227. The Hall–Kier alpha value is -4.50. The number of benzene rings is 2. The van der Waals surface area contributed by atoms with Gasteiger partial charge in [-0.1, -0.05) is 30.3 Å². The molecular formula is C25H17N5O3S. The van der Waals surface area contributed by atoms with Crippen molar-refractivity contribution in [2.75, 3.05) is 0 Å². The van der Waals surface area contributed by atoms with E-state index in [1.165, 1.54) is 30.4 Å². The largest absolute Gasteiger partial charge is 0.448 e. The van der Waals surface area contributed by atoms with Gasteiger partial charge in [0.2, 0.25) is 0 Å². The summed E-state index contributed by atoms with van der Waals surface area (Å²) in [5, 5.41) is 5.47. The van der Waals surface area contributed by atoms with E-state index in [1.54, 1.807) is 34.9 Å². The monoisotopic (exact) mass is 467 g/mol. The van der Waals surface area contributed by atoms with E-state index in [2.05, 4.69) is 15.5 Å². The molecule has 0 aliphatic heterocycles. The molecule has 166 valence electrons. The molecule has 2 aromatic carbocycles. The number of pyridine rings is 1. The number of fused-ring (bicyclic) bond motifs is 1. The predicted octanol–water partition coefficient (Wildman–Crippen LogP) is 4.29. The zero-order chi connectivity index (χ0) is 23.3. The fourth-order valence-corrected chi connectivity index (χ4v) is 4.13. The lowest BCUT2D eigenvalue weighted by Gasteiger charge is -2.12. The molecule has 5 aromatic rings. The van der Waals surface area contributed by atoms with Crippen LogP contribution in [0.4, 0.5) is 0 Å². The lowest BCUT2D eigenvalue weighted by atomic mass is 10.2. The Labute approximate surface area is 198 Å². The van der Waals surface area contributed by atoms with Gasteiger partial charge in [0.1, 0.15) is 5.76 Å². The fourth-order valence-electron chi connectivity index (χ4n) is 3.26. The number of nitrogens with one attached hydrogen (secondary N) is 1. The lowest BCUT2D eigenvalue weighted by Crippen LogP contribution is -2.21. The molecule has 34 heavy (non-hydrogen) atoms. The Morgan fingerprint density at radius 1 is 0.971 bits per heavy atom. The molecule has 0 saturated heterocycles. The number of hydrazone groups is 1. The predicted molar refractivity (Wildman–Crippen MR) is 129 cm³/mol. The molecule has 0 bridgehead atoms. The molecule has 8 nitrogen and oxygen atoms in total. The van der Waals surface area contributed by atoms with Crippen LogP contribution in [0.15, 0.2) is 116 Å². The molecule has 1 N–H and O–H groups in total. The van der Waals surface area contributed by atoms with E-state index >= 15 is 0 Å². The van der Waals surface area contributed by atoms with Crippen LogP contribution in [0.3, 0.4) is 0 Å². The lowest BCUT2D eigenvalue weighted by molar-refractivity contribution is 0.0955. The Kier molecular flexibility index (Phi) is 6.00. The summed E-state index contributed by atoms with van der Waals surface area (Å²) in [6.07, 6.45) is 4.47. The van der Waals surface area contributed by atoms with Gasteiger partial charge in [0.15, 0.2) is 10.2 Å². The fraction of sp³-hybridized carbons (Fsp3) is 0. The number of hydrogen-bond donors (Lipinski definition) is 1. The highest BCUT2D eigenvalue weighted by atomic mass is 32.2. The number of furan rings is 1. The molecule has 3 heterocycles. The number of amides is 1. The second-order valence-electron chi connectivity index (χ2n) is 7.08. The number of carbonyl (C=O) groups is 1. The molecule has 0 aliphatic rings. The standard InChI is InChI=1S/C25H17N5O3S/c31-23(17-12-14-26-15-13-17)29-27-16-19-10-11-22(33-19)34-25-28-21-9-5-4-8-20(21)24(32)30(25)18-6-2-1-3-7-18/h1-16H,(H,29,31). The van der Waals surface area contributed by atoms with Crippen molar-refractivity contribution in [3.05, 3.63) is 113 Å². The maximum atomic E-state index is 13.3. The van der Waals surface area contributed by atoms with Crippen molar-refractivity contribution in [3.8, 4) is 5.69 Å². The van der Waals surface area contributed by atoms with Crippen LogP contribution in [0.1, 0.15) is 16.1 Å². The van der Waals surface area contributed by atoms with Crippen molar-refractivity contribution in [1.82, 2.24) is 20.0 Å². The average molecular weight is 468 g/mol. The second-order valence-corrected chi connectivity index (χ2v) is 8.05. The molecule has 0 atom stereocenters. The average Bonchev–Trinajstić information content (AvgIpc) is 3.32. The maximum Gasteiger partial charge on any atom is 0.271 e. The van der Waals surface area contributed by atoms with Gasteiger partial charge in [0, 0.05) is 18.0 Å². The van der Waals surface area contributed by atoms with Gasteiger partial charge in [-0.3, -0.25) is 19.1 Å². The highest BCUT2D eigenvalue weighted by Crippen LogP contribution is 2.29. The third-order valence-electron chi connectivity index (χ3n) is 4.85. The molecule has 0 unspecified atom stereocenters. The van der Waals surface area contributed by atoms with E-state index in [0.29, 0.717) is 38.2 Å². The Morgan fingerprint density at radius 3 is 2.56 bits per heavy atom. The zero-order valence-electron chi connectivity index (χ0n) is 17.7. The Bertz CT molecular complexity index is 1550. The van der Waals surface area contributed by atoms with Crippen molar-refractivity contribution in [3.63, 3.8) is 0 Å². The molecule has 5 rings (SSSR count). The third kappa shape index (κ3) is 4.50. The van der Waals surface area contributed by atoms with Gasteiger partial charge in [-0.15, -0.1) is 0 Å². The summed E-state index contributed by atoms with van der Waals surface area (Å²) in [4.78, 5) is 33.9. The number of carbonyl (C=O) groups excluding carboxylic acids is 1.